The average molecular weight is 258 g/mol. The SMILES string of the molecule is C#[C][Au].Cl. The summed E-state index contributed by atoms with van der Waals surface area (Å²) in [5.74, 6) is 0. The van der Waals surface area contributed by atoms with Crippen LogP contribution < -0.4 is 0 Å². The quantitative estimate of drug-likeness (QED) is 0.440. The zero-order valence-electron chi connectivity index (χ0n) is 1.79. The zero-order valence-corrected chi connectivity index (χ0v) is 4.77. The van der Waals surface area contributed by atoms with Crippen LogP contribution in [0.2, 0.25) is 0 Å². The fraction of sp³-hybridized carbons (Fsp3) is 0. The first-order valence-corrected chi connectivity index (χ1v) is 1.52. The van der Waals surface area contributed by atoms with Crippen molar-refractivity contribution < 1.29 is 21.1 Å². The molecule has 2 heteroatoms. The monoisotopic (exact) mass is 258 g/mol. The number of rotatable bonds is 0. The van der Waals surface area contributed by atoms with Crippen molar-refractivity contribution in [2.75, 3.05) is 0 Å². The fourth-order valence-corrected chi connectivity index (χ4v) is 0. The average Bonchev–Trinajstić information content (AvgIpc) is 0.918. The molecule has 0 rings (SSSR count). The first kappa shape index (κ1) is 8.82. The second-order valence-corrected chi connectivity index (χ2v) is 0.712. The van der Waals surface area contributed by atoms with Gasteiger partial charge in [-0.3, -0.25) is 0 Å². The molecule has 0 saturated carbocycles. The molecule has 0 aliphatic heterocycles. The molecular formula is C2H2AuCl. The summed E-state index contributed by atoms with van der Waals surface area (Å²) in [6.07, 6.45) is 4.57. The molecule has 0 saturated heterocycles. The van der Waals surface area contributed by atoms with E-state index in [0.29, 0.717) is 0 Å². The molecule has 0 aromatic heterocycles. The first-order chi connectivity index (χ1) is 1.41. The molecule has 0 aromatic rings. The van der Waals surface area contributed by atoms with E-state index in [4.69, 9.17) is 0 Å². The van der Waals surface area contributed by atoms with Gasteiger partial charge in [-0.15, -0.1) is 12.4 Å². The summed E-state index contributed by atoms with van der Waals surface area (Å²) in [5.41, 5.74) is 0. The van der Waals surface area contributed by atoms with E-state index in [2.05, 4.69) is 10.6 Å². The fourth-order valence-electron chi connectivity index (χ4n) is 0. The van der Waals surface area contributed by atoms with Crippen molar-refractivity contribution in [2.24, 2.45) is 0 Å². The van der Waals surface area contributed by atoms with E-state index in [1.165, 1.54) is 0 Å². The molecule has 0 atom stereocenters. The number of hydrogen-bond acceptors (Lipinski definition) is 0. The van der Waals surface area contributed by atoms with Gasteiger partial charge in [0.05, 0.1) is 0 Å². The summed E-state index contributed by atoms with van der Waals surface area (Å²) in [6, 6.07) is 0. The van der Waals surface area contributed by atoms with E-state index in [9.17, 15) is 0 Å². The van der Waals surface area contributed by atoms with Gasteiger partial charge in [0.2, 0.25) is 0 Å². The van der Waals surface area contributed by atoms with Gasteiger partial charge >= 0.3 is 31.6 Å². The maximum Gasteiger partial charge on any atom is -0.147 e. The van der Waals surface area contributed by atoms with Crippen LogP contribution in [0.25, 0.3) is 0 Å². The Morgan fingerprint density at radius 1 is 1.75 bits per heavy atom. The van der Waals surface area contributed by atoms with Crippen LogP contribution in [0, 0.1) is 10.6 Å². The van der Waals surface area contributed by atoms with Crippen LogP contribution in [-0.4, -0.2) is 0 Å². The molecule has 0 unspecified atom stereocenters. The molecule has 0 amide bonds. The molecule has 0 heterocycles. The van der Waals surface area contributed by atoms with Gasteiger partial charge in [0.1, 0.15) is 0 Å². The van der Waals surface area contributed by atoms with Crippen molar-refractivity contribution >= 4 is 12.4 Å². The Balaban J connectivity index is 0. The van der Waals surface area contributed by atoms with E-state index in [1.807, 2.05) is 21.1 Å². The summed E-state index contributed by atoms with van der Waals surface area (Å²) in [4.78, 5) is 0. The minimum atomic E-state index is 0. The van der Waals surface area contributed by atoms with Gasteiger partial charge in [0.25, 0.3) is 0 Å². The molecule has 0 bridgehead atoms. The summed E-state index contributed by atoms with van der Waals surface area (Å²) in [6.45, 7) is 0. The molecular weight excluding hydrogens is 256 g/mol. The Kier molecular flexibility index (Phi) is 21.0. The summed E-state index contributed by atoms with van der Waals surface area (Å²) < 4.78 is 2.19. The number of terminal acetylenes is 1. The molecule has 0 aromatic carbocycles. The standard InChI is InChI=1S/C2H.Au.ClH/c1-2;;/h1H;;1H. The van der Waals surface area contributed by atoms with E-state index in [-0.39, 0.29) is 12.4 Å². The van der Waals surface area contributed by atoms with Crippen molar-refractivity contribution in [3.05, 3.63) is 0 Å². The van der Waals surface area contributed by atoms with Crippen LogP contribution in [0.3, 0.4) is 0 Å². The molecule has 0 aliphatic carbocycles. The minimum absolute atomic E-state index is 0. The van der Waals surface area contributed by atoms with Crippen LogP contribution >= 0.6 is 12.4 Å². The Labute approximate surface area is 44.3 Å². The van der Waals surface area contributed by atoms with Gasteiger partial charge in [-0.25, -0.2) is 0 Å². The third kappa shape index (κ3) is 18.8. The molecule has 4 heavy (non-hydrogen) atoms. The Morgan fingerprint density at radius 2 is 1.75 bits per heavy atom. The van der Waals surface area contributed by atoms with Gasteiger partial charge in [0, 0.05) is 0 Å². The van der Waals surface area contributed by atoms with Crippen LogP contribution in [-0.2, 0) is 21.1 Å². The van der Waals surface area contributed by atoms with Gasteiger partial charge in [-0.1, -0.05) is 0 Å². The molecule has 0 fully saturated rings. The van der Waals surface area contributed by atoms with Crippen LogP contribution in [0.1, 0.15) is 0 Å². The van der Waals surface area contributed by atoms with Gasteiger partial charge in [-0.2, -0.15) is 0 Å². The zero-order chi connectivity index (χ0) is 2.71. The van der Waals surface area contributed by atoms with Crippen molar-refractivity contribution in [1.29, 1.82) is 0 Å². The van der Waals surface area contributed by atoms with Crippen LogP contribution in [0.4, 0.5) is 0 Å². The van der Waals surface area contributed by atoms with Gasteiger partial charge in [0.15, 0.2) is 0 Å². The number of halogens is 1. The predicted octanol–water partition coefficient (Wildman–Crippen LogP) is 0.546. The van der Waals surface area contributed by atoms with Crippen molar-refractivity contribution in [1.82, 2.24) is 0 Å². The van der Waals surface area contributed by atoms with E-state index < -0.39 is 0 Å². The van der Waals surface area contributed by atoms with Crippen molar-refractivity contribution in [3.8, 4) is 10.6 Å². The van der Waals surface area contributed by atoms with Gasteiger partial charge < -0.3 is 0 Å². The summed E-state index contributed by atoms with van der Waals surface area (Å²) >= 11 is 1.96. The molecule has 0 spiro atoms. The third-order valence-electron chi connectivity index (χ3n) is 0. The Morgan fingerprint density at radius 3 is 1.75 bits per heavy atom. The predicted molar refractivity (Wildman–Crippen MR) is 16.1 cm³/mol. The molecule has 0 radical (unpaired) electrons. The third-order valence-corrected chi connectivity index (χ3v) is 0. The summed E-state index contributed by atoms with van der Waals surface area (Å²) in [7, 11) is 0. The van der Waals surface area contributed by atoms with E-state index >= 15 is 0 Å². The van der Waals surface area contributed by atoms with Crippen LogP contribution in [0.15, 0.2) is 0 Å². The van der Waals surface area contributed by atoms with E-state index in [0.717, 1.165) is 0 Å². The second kappa shape index (κ2) is 9.53. The largest absolute Gasteiger partial charge is 0.147 e. The molecule has 0 N–H and O–H groups in total. The van der Waals surface area contributed by atoms with Crippen molar-refractivity contribution in [2.45, 2.75) is 0 Å². The molecule has 0 nitrogen and oxygen atoms in total. The second-order valence-electron chi connectivity index (χ2n) is 0.0870. The normalized spacial score (nSPS) is 2.25. The maximum atomic E-state index is 4.57. The van der Waals surface area contributed by atoms with Crippen molar-refractivity contribution in [3.63, 3.8) is 0 Å². The maximum absolute atomic E-state index is 4.57. The van der Waals surface area contributed by atoms with E-state index in [1.54, 1.807) is 0 Å². The van der Waals surface area contributed by atoms with Gasteiger partial charge in [-0.05, 0) is 0 Å². The Bertz CT molecular complexity index is 27.5. The molecule has 28 valence electrons. The number of hydrogen-bond donors (Lipinski definition) is 0. The first-order valence-electron chi connectivity index (χ1n) is 0.439. The molecule has 0 aliphatic rings. The summed E-state index contributed by atoms with van der Waals surface area (Å²) in [5, 5.41) is 0. The topological polar surface area (TPSA) is 0 Å². The van der Waals surface area contributed by atoms with Crippen LogP contribution in [0.5, 0.6) is 0 Å². The smallest absolute Gasteiger partial charge is 0.147 e. The Hall–Kier alpha value is 0.590. The minimum Gasteiger partial charge on any atom is -0.147 e.